The van der Waals surface area contributed by atoms with E-state index >= 15 is 0 Å². The Hall–Kier alpha value is -1.66. The number of para-hydroxylation sites is 2. The molecule has 0 saturated carbocycles. The van der Waals surface area contributed by atoms with Gasteiger partial charge in [0.05, 0.1) is 0 Å². The Labute approximate surface area is 89.0 Å². The van der Waals surface area contributed by atoms with E-state index in [0.717, 1.165) is 0 Å². The smallest absolute Gasteiger partial charge is 0.226 e. The maximum atomic E-state index is 5.55. The second-order valence-corrected chi connectivity index (χ2v) is 3.27. The van der Waals surface area contributed by atoms with Crippen molar-refractivity contribution in [3.63, 3.8) is 0 Å². The molecule has 0 N–H and O–H groups in total. The van der Waals surface area contributed by atoms with Crippen LogP contribution in [0.3, 0.4) is 0 Å². The summed E-state index contributed by atoms with van der Waals surface area (Å²) in [6.45, 7) is 2.19. The van der Waals surface area contributed by atoms with Gasteiger partial charge in [-0.05, 0) is 19.1 Å². The molecule has 0 aliphatic carbocycles. The van der Waals surface area contributed by atoms with E-state index in [9.17, 15) is 0 Å². The van der Waals surface area contributed by atoms with Gasteiger partial charge in [-0.25, -0.2) is 0 Å². The van der Waals surface area contributed by atoms with Gasteiger partial charge in [-0.1, -0.05) is 18.1 Å². The Morgan fingerprint density at radius 2 is 2.07 bits per heavy atom. The van der Waals surface area contributed by atoms with Crippen LogP contribution in [0.5, 0.6) is 11.5 Å². The summed E-state index contributed by atoms with van der Waals surface area (Å²) in [7, 11) is 0. The first kappa shape index (κ1) is 9.88. The van der Waals surface area contributed by atoms with E-state index in [4.69, 9.17) is 20.6 Å². The normalized spacial score (nSPS) is 22.9. The second-order valence-electron chi connectivity index (χ2n) is 3.27. The molecule has 0 amide bonds. The van der Waals surface area contributed by atoms with Gasteiger partial charge in [0.15, 0.2) is 11.5 Å². The predicted molar refractivity (Wildman–Crippen MR) is 55.7 cm³/mol. The summed E-state index contributed by atoms with van der Waals surface area (Å²) in [5, 5.41) is 0. The van der Waals surface area contributed by atoms with Crippen molar-refractivity contribution in [2.75, 3.05) is 6.61 Å². The minimum atomic E-state index is -0.152. The van der Waals surface area contributed by atoms with Crippen LogP contribution in [0, 0.1) is 12.3 Å². The van der Waals surface area contributed by atoms with Gasteiger partial charge in [-0.2, -0.15) is 0 Å². The SMILES string of the molecule is C#CCOc1ccccc1OC1OC1C. The monoisotopic (exact) mass is 204 g/mol. The van der Waals surface area contributed by atoms with Crippen molar-refractivity contribution >= 4 is 0 Å². The third kappa shape index (κ3) is 2.42. The molecule has 1 fully saturated rings. The molecule has 3 nitrogen and oxygen atoms in total. The van der Waals surface area contributed by atoms with Crippen LogP contribution >= 0.6 is 0 Å². The Kier molecular flexibility index (Phi) is 2.79. The molecule has 15 heavy (non-hydrogen) atoms. The predicted octanol–water partition coefficient (Wildman–Crippen LogP) is 1.82. The highest BCUT2D eigenvalue weighted by Crippen LogP contribution is 2.32. The lowest BCUT2D eigenvalue weighted by molar-refractivity contribution is 0.171. The molecule has 2 unspecified atom stereocenters. The van der Waals surface area contributed by atoms with Crippen molar-refractivity contribution in [1.29, 1.82) is 0 Å². The summed E-state index contributed by atoms with van der Waals surface area (Å²) in [6, 6.07) is 7.40. The summed E-state index contributed by atoms with van der Waals surface area (Å²) >= 11 is 0. The van der Waals surface area contributed by atoms with E-state index in [0.29, 0.717) is 11.5 Å². The minimum Gasteiger partial charge on any atom is -0.477 e. The quantitative estimate of drug-likeness (QED) is 0.553. The lowest BCUT2D eigenvalue weighted by Crippen LogP contribution is -2.03. The van der Waals surface area contributed by atoms with Gasteiger partial charge in [-0.3, -0.25) is 0 Å². The van der Waals surface area contributed by atoms with E-state index in [1.807, 2.05) is 31.2 Å². The maximum absolute atomic E-state index is 5.55. The van der Waals surface area contributed by atoms with Gasteiger partial charge in [0.2, 0.25) is 6.29 Å². The first-order valence-electron chi connectivity index (χ1n) is 4.78. The van der Waals surface area contributed by atoms with Crippen molar-refractivity contribution in [1.82, 2.24) is 0 Å². The average Bonchev–Trinajstić information content (AvgIpc) is 2.93. The summed E-state index contributed by atoms with van der Waals surface area (Å²) < 4.78 is 16.0. The van der Waals surface area contributed by atoms with Crippen LogP contribution in [0.15, 0.2) is 24.3 Å². The zero-order valence-corrected chi connectivity index (χ0v) is 8.47. The standard InChI is InChI=1S/C12H12O3/c1-3-8-13-10-6-4-5-7-11(10)15-12-9(2)14-12/h1,4-7,9,12H,8H2,2H3. The minimum absolute atomic E-state index is 0.152. The van der Waals surface area contributed by atoms with Crippen LogP contribution in [-0.4, -0.2) is 19.0 Å². The van der Waals surface area contributed by atoms with Gasteiger partial charge in [-0.15, -0.1) is 6.42 Å². The Balaban J connectivity index is 2.04. The third-order valence-electron chi connectivity index (χ3n) is 2.06. The second kappa shape index (κ2) is 4.24. The van der Waals surface area contributed by atoms with Crippen LogP contribution < -0.4 is 9.47 Å². The fraction of sp³-hybridized carbons (Fsp3) is 0.333. The molecule has 1 heterocycles. The molecular formula is C12H12O3. The molecule has 2 rings (SSSR count). The first-order chi connectivity index (χ1) is 7.31. The van der Waals surface area contributed by atoms with Gasteiger partial charge in [0, 0.05) is 0 Å². The summed E-state index contributed by atoms with van der Waals surface area (Å²) in [5.41, 5.74) is 0. The highest BCUT2D eigenvalue weighted by Gasteiger charge is 2.37. The number of ether oxygens (including phenoxy) is 3. The van der Waals surface area contributed by atoms with Crippen molar-refractivity contribution < 1.29 is 14.2 Å². The fourth-order valence-electron chi connectivity index (χ4n) is 1.20. The van der Waals surface area contributed by atoms with Gasteiger partial charge in [0.1, 0.15) is 12.7 Å². The molecule has 1 aromatic rings. The summed E-state index contributed by atoms with van der Waals surface area (Å²) in [5.74, 6) is 3.73. The number of benzene rings is 1. The van der Waals surface area contributed by atoms with E-state index in [1.165, 1.54) is 0 Å². The topological polar surface area (TPSA) is 31.0 Å². The molecule has 0 spiro atoms. The molecular weight excluding hydrogens is 192 g/mol. The van der Waals surface area contributed by atoms with Crippen molar-refractivity contribution in [2.24, 2.45) is 0 Å². The van der Waals surface area contributed by atoms with Crippen LogP contribution in [-0.2, 0) is 4.74 Å². The van der Waals surface area contributed by atoms with Gasteiger partial charge >= 0.3 is 0 Å². The molecule has 78 valence electrons. The zero-order valence-electron chi connectivity index (χ0n) is 8.47. The zero-order chi connectivity index (χ0) is 10.7. The van der Waals surface area contributed by atoms with Crippen molar-refractivity contribution in [3.8, 4) is 23.8 Å². The van der Waals surface area contributed by atoms with Crippen LogP contribution in [0.25, 0.3) is 0 Å². The van der Waals surface area contributed by atoms with Crippen LogP contribution in [0.4, 0.5) is 0 Å². The van der Waals surface area contributed by atoms with Gasteiger partial charge < -0.3 is 14.2 Å². The molecule has 0 aromatic heterocycles. The van der Waals surface area contributed by atoms with Gasteiger partial charge in [0.25, 0.3) is 0 Å². The molecule has 3 heteroatoms. The largest absolute Gasteiger partial charge is 0.477 e. The molecule has 1 aliphatic heterocycles. The number of hydrogen-bond donors (Lipinski definition) is 0. The molecule has 1 aliphatic rings. The summed E-state index contributed by atoms with van der Waals surface area (Å²) in [4.78, 5) is 0. The molecule has 0 radical (unpaired) electrons. The van der Waals surface area contributed by atoms with Crippen molar-refractivity contribution in [2.45, 2.75) is 19.3 Å². The highest BCUT2D eigenvalue weighted by molar-refractivity contribution is 5.39. The van der Waals surface area contributed by atoms with Crippen LogP contribution in [0.2, 0.25) is 0 Å². The number of epoxide rings is 1. The van der Waals surface area contributed by atoms with Crippen molar-refractivity contribution in [3.05, 3.63) is 24.3 Å². The van der Waals surface area contributed by atoms with E-state index in [2.05, 4.69) is 5.92 Å². The Bertz CT molecular complexity index is 381. The molecule has 0 bridgehead atoms. The lowest BCUT2D eigenvalue weighted by Gasteiger charge is -2.08. The number of rotatable bonds is 4. The van der Waals surface area contributed by atoms with E-state index in [-0.39, 0.29) is 19.0 Å². The Morgan fingerprint density at radius 3 is 2.67 bits per heavy atom. The number of terminal acetylenes is 1. The number of hydrogen-bond acceptors (Lipinski definition) is 3. The van der Waals surface area contributed by atoms with E-state index in [1.54, 1.807) is 0 Å². The molecule has 1 aromatic carbocycles. The van der Waals surface area contributed by atoms with Crippen LogP contribution in [0.1, 0.15) is 6.92 Å². The molecule has 1 saturated heterocycles. The fourth-order valence-corrected chi connectivity index (χ4v) is 1.20. The van der Waals surface area contributed by atoms with E-state index < -0.39 is 0 Å². The first-order valence-corrected chi connectivity index (χ1v) is 4.78. The summed E-state index contributed by atoms with van der Waals surface area (Å²) in [6.07, 6.45) is 5.13. The maximum Gasteiger partial charge on any atom is 0.226 e. The highest BCUT2D eigenvalue weighted by atomic mass is 16.8. The lowest BCUT2D eigenvalue weighted by atomic mass is 10.3. The molecule has 2 atom stereocenters. The average molecular weight is 204 g/mol. The third-order valence-corrected chi connectivity index (χ3v) is 2.06. The Morgan fingerprint density at radius 1 is 1.40 bits per heavy atom.